The van der Waals surface area contributed by atoms with Crippen LogP contribution in [0.2, 0.25) is 0 Å². The predicted molar refractivity (Wildman–Crippen MR) is 74.5 cm³/mol. The zero-order valence-corrected chi connectivity index (χ0v) is 11.4. The summed E-state index contributed by atoms with van der Waals surface area (Å²) < 4.78 is 0. The second kappa shape index (κ2) is 5.32. The first-order chi connectivity index (χ1) is 9.48. The summed E-state index contributed by atoms with van der Waals surface area (Å²) in [6.45, 7) is 3.38. The van der Waals surface area contributed by atoms with E-state index in [1.54, 1.807) is 12.1 Å². The van der Waals surface area contributed by atoms with Crippen LogP contribution in [0.15, 0.2) is 24.3 Å². The molecule has 106 valence electrons. The van der Waals surface area contributed by atoms with Crippen LogP contribution in [0, 0.1) is 0 Å². The van der Waals surface area contributed by atoms with Gasteiger partial charge in [0.25, 0.3) is 5.91 Å². The van der Waals surface area contributed by atoms with Gasteiger partial charge in [0, 0.05) is 5.39 Å². The number of benzene rings is 1. The van der Waals surface area contributed by atoms with Crippen molar-refractivity contribution in [2.24, 2.45) is 0 Å². The number of rotatable bonds is 5. The number of carbonyl (C=O) groups is 2. The first kappa shape index (κ1) is 14.0. The number of aromatic nitrogens is 2. The fraction of sp³-hybridized carbons (Fsp3) is 0.357. The number of H-pyrrole nitrogens is 1. The smallest absolute Gasteiger partial charge is 0.329 e. The minimum Gasteiger partial charge on any atom is -0.480 e. The van der Waals surface area contributed by atoms with Crippen LogP contribution in [-0.2, 0) is 4.79 Å². The quantitative estimate of drug-likeness (QED) is 0.777. The summed E-state index contributed by atoms with van der Waals surface area (Å²) in [6, 6.07) is 7.21. The number of carbonyl (C=O) groups excluding carboxylic acids is 1. The van der Waals surface area contributed by atoms with Crippen LogP contribution in [0.3, 0.4) is 0 Å². The van der Waals surface area contributed by atoms with Gasteiger partial charge in [-0.15, -0.1) is 0 Å². The molecule has 0 saturated heterocycles. The Hall–Kier alpha value is -2.37. The number of carboxylic acids is 1. The van der Waals surface area contributed by atoms with E-state index in [0.717, 1.165) is 5.52 Å². The topological polar surface area (TPSA) is 95.1 Å². The number of fused-ring (bicyclic) bond motifs is 1. The van der Waals surface area contributed by atoms with Gasteiger partial charge in [-0.1, -0.05) is 31.5 Å². The molecule has 0 aliphatic carbocycles. The molecule has 0 aliphatic heterocycles. The summed E-state index contributed by atoms with van der Waals surface area (Å²) in [6.07, 6.45) is 1.01. The highest BCUT2D eigenvalue weighted by atomic mass is 16.4. The molecular formula is C14H17N3O3. The van der Waals surface area contributed by atoms with Crippen LogP contribution < -0.4 is 5.32 Å². The first-order valence-corrected chi connectivity index (χ1v) is 6.47. The van der Waals surface area contributed by atoms with Gasteiger partial charge in [-0.2, -0.15) is 5.10 Å². The molecular weight excluding hydrogens is 258 g/mol. The van der Waals surface area contributed by atoms with E-state index >= 15 is 0 Å². The van der Waals surface area contributed by atoms with E-state index in [2.05, 4.69) is 15.5 Å². The summed E-state index contributed by atoms with van der Waals surface area (Å²) in [7, 11) is 0. The number of nitrogens with zero attached hydrogens (tertiary/aromatic N) is 1. The van der Waals surface area contributed by atoms with Crippen LogP contribution in [0.5, 0.6) is 0 Å². The first-order valence-electron chi connectivity index (χ1n) is 6.47. The van der Waals surface area contributed by atoms with E-state index in [1.165, 1.54) is 6.92 Å². The van der Waals surface area contributed by atoms with Crippen molar-refractivity contribution < 1.29 is 14.7 Å². The minimum absolute atomic E-state index is 0.212. The molecule has 1 aromatic heterocycles. The number of aliphatic carboxylic acids is 1. The lowest BCUT2D eigenvalue weighted by Crippen LogP contribution is -2.52. The van der Waals surface area contributed by atoms with Gasteiger partial charge in [-0.05, 0) is 19.4 Å². The Labute approximate surface area is 116 Å². The molecule has 20 heavy (non-hydrogen) atoms. The van der Waals surface area contributed by atoms with Gasteiger partial charge >= 0.3 is 5.97 Å². The van der Waals surface area contributed by atoms with Crippen molar-refractivity contribution in [1.82, 2.24) is 15.5 Å². The Bertz CT molecular complexity index is 650. The zero-order chi connectivity index (χ0) is 14.8. The van der Waals surface area contributed by atoms with Crippen molar-refractivity contribution in [2.45, 2.75) is 32.2 Å². The largest absolute Gasteiger partial charge is 0.480 e. The maximum Gasteiger partial charge on any atom is 0.329 e. The van der Waals surface area contributed by atoms with Gasteiger partial charge < -0.3 is 10.4 Å². The average Bonchev–Trinajstić information content (AvgIpc) is 2.82. The molecule has 1 atom stereocenters. The minimum atomic E-state index is -1.29. The molecule has 0 fully saturated rings. The summed E-state index contributed by atoms with van der Waals surface area (Å²) in [5.74, 6) is -1.53. The van der Waals surface area contributed by atoms with Crippen molar-refractivity contribution >= 4 is 22.8 Å². The Morgan fingerprint density at radius 3 is 2.75 bits per heavy atom. The molecule has 0 saturated carbocycles. The lowest BCUT2D eigenvalue weighted by molar-refractivity contribution is -0.144. The molecule has 0 aliphatic rings. The van der Waals surface area contributed by atoms with Crippen molar-refractivity contribution in [2.75, 3.05) is 0 Å². The van der Waals surface area contributed by atoms with Gasteiger partial charge in [0.05, 0.1) is 5.52 Å². The zero-order valence-electron chi connectivity index (χ0n) is 11.4. The molecule has 0 spiro atoms. The maximum atomic E-state index is 12.3. The third-order valence-corrected chi connectivity index (χ3v) is 3.30. The lowest BCUT2D eigenvalue weighted by Gasteiger charge is -2.25. The molecule has 6 nitrogen and oxygen atoms in total. The Balaban J connectivity index is 2.29. The number of nitrogens with one attached hydrogen (secondary N) is 2. The van der Waals surface area contributed by atoms with E-state index in [0.29, 0.717) is 18.2 Å². The summed E-state index contributed by atoms with van der Waals surface area (Å²) in [5.41, 5.74) is -0.333. The van der Waals surface area contributed by atoms with Crippen molar-refractivity contribution in [3.05, 3.63) is 30.0 Å². The number of para-hydroxylation sites is 1. The van der Waals surface area contributed by atoms with E-state index in [1.807, 2.05) is 19.1 Å². The fourth-order valence-electron chi connectivity index (χ4n) is 2.17. The highest BCUT2D eigenvalue weighted by Gasteiger charge is 2.34. The molecule has 1 heterocycles. The van der Waals surface area contributed by atoms with Crippen molar-refractivity contribution in [1.29, 1.82) is 0 Å². The Morgan fingerprint density at radius 2 is 2.10 bits per heavy atom. The van der Waals surface area contributed by atoms with Crippen LogP contribution >= 0.6 is 0 Å². The Morgan fingerprint density at radius 1 is 1.40 bits per heavy atom. The highest BCUT2D eigenvalue weighted by Crippen LogP contribution is 2.18. The van der Waals surface area contributed by atoms with Crippen LogP contribution in [0.1, 0.15) is 37.2 Å². The van der Waals surface area contributed by atoms with Crippen LogP contribution in [-0.4, -0.2) is 32.7 Å². The molecule has 1 unspecified atom stereocenters. The predicted octanol–water partition coefficient (Wildman–Crippen LogP) is 1.94. The number of aromatic amines is 1. The molecule has 2 aromatic rings. The van der Waals surface area contributed by atoms with Crippen molar-refractivity contribution in [3.63, 3.8) is 0 Å². The second-order valence-electron chi connectivity index (χ2n) is 4.96. The van der Waals surface area contributed by atoms with E-state index in [9.17, 15) is 14.7 Å². The van der Waals surface area contributed by atoms with Gasteiger partial charge in [-0.25, -0.2) is 4.79 Å². The van der Waals surface area contributed by atoms with E-state index < -0.39 is 17.4 Å². The SMILES string of the molecule is CCCC(C)(NC(=O)c1n[nH]c2ccccc12)C(=O)O. The van der Waals surface area contributed by atoms with Gasteiger partial charge in [0.2, 0.25) is 0 Å². The van der Waals surface area contributed by atoms with Crippen molar-refractivity contribution in [3.8, 4) is 0 Å². The number of carboxylic acid groups (broad SMARTS) is 1. The third-order valence-electron chi connectivity index (χ3n) is 3.30. The Kier molecular flexibility index (Phi) is 3.74. The van der Waals surface area contributed by atoms with Crippen LogP contribution in [0.4, 0.5) is 0 Å². The van der Waals surface area contributed by atoms with Gasteiger partial charge in [0.15, 0.2) is 5.69 Å². The van der Waals surface area contributed by atoms with Gasteiger partial charge in [-0.3, -0.25) is 9.89 Å². The lowest BCUT2D eigenvalue weighted by atomic mass is 9.96. The summed E-state index contributed by atoms with van der Waals surface area (Å²) >= 11 is 0. The van der Waals surface area contributed by atoms with Crippen LogP contribution in [0.25, 0.3) is 10.9 Å². The maximum absolute atomic E-state index is 12.3. The molecule has 1 aromatic carbocycles. The fourth-order valence-corrected chi connectivity index (χ4v) is 2.17. The molecule has 1 amide bonds. The molecule has 0 radical (unpaired) electrons. The number of hydrogen-bond donors (Lipinski definition) is 3. The molecule has 0 bridgehead atoms. The monoisotopic (exact) mass is 275 g/mol. The molecule has 2 rings (SSSR count). The number of amides is 1. The molecule has 6 heteroatoms. The van der Waals surface area contributed by atoms with Gasteiger partial charge in [0.1, 0.15) is 5.54 Å². The van der Waals surface area contributed by atoms with E-state index in [4.69, 9.17) is 0 Å². The summed E-state index contributed by atoms with van der Waals surface area (Å²) in [5, 5.41) is 19.2. The standard InChI is InChI=1S/C14H17N3O3/c1-3-8-14(2,13(19)20)15-12(18)11-9-6-4-5-7-10(9)16-17-11/h4-7H,3,8H2,1-2H3,(H,15,18)(H,16,17)(H,19,20). The third kappa shape index (κ3) is 2.49. The number of hydrogen-bond acceptors (Lipinski definition) is 3. The normalized spacial score (nSPS) is 13.9. The molecule has 3 N–H and O–H groups in total. The van der Waals surface area contributed by atoms with E-state index in [-0.39, 0.29) is 5.69 Å². The second-order valence-corrected chi connectivity index (χ2v) is 4.96. The summed E-state index contributed by atoms with van der Waals surface area (Å²) in [4.78, 5) is 23.6. The highest BCUT2D eigenvalue weighted by molar-refractivity contribution is 6.06. The average molecular weight is 275 g/mol.